The molecule has 0 spiro atoms. The van der Waals surface area contributed by atoms with Gasteiger partial charge in [0.2, 0.25) is 10.0 Å². The lowest BCUT2D eigenvalue weighted by Crippen LogP contribution is -2.21. The number of primary sulfonamides is 1. The average Bonchev–Trinajstić information content (AvgIpc) is 2.77. The molecule has 0 aromatic carbocycles. The number of unbranched alkanes of at least 4 members (excludes halogenated alkanes) is 3. The maximum Gasteiger partial charge on any atom is 0.209 e. The molecule has 0 heterocycles. The van der Waals surface area contributed by atoms with Crippen LogP contribution in [0.15, 0.2) is 0 Å². The highest BCUT2D eigenvalue weighted by atomic mass is 32.2. The Kier molecular flexibility index (Phi) is 17.2. The normalized spacial score (nSPS) is 13.5. The minimum Gasteiger partial charge on any atom is -0.381 e. The molecular weight excluding hydrogens is 470 g/mol. The number of sulfone groups is 1. The summed E-state index contributed by atoms with van der Waals surface area (Å²) in [6.45, 7) is 10.5. The van der Waals surface area contributed by atoms with Gasteiger partial charge in [0.05, 0.1) is 5.75 Å². The van der Waals surface area contributed by atoms with Crippen LogP contribution >= 0.6 is 0 Å². The Labute approximate surface area is 212 Å². The van der Waals surface area contributed by atoms with Crippen LogP contribution < -0.4 is 5.14 Å². The number of hydrogen-bond acceptors (Lipinski definition) is 5. The van der Waals surface area contributed by atoms with Gasteiger partial charge in [-0.1, -0.05) is 72.6 Å². The minimum atomic E-state index is -3.35. The molecule has 34 heavy (non-hydrogen) atoms. The van der Waals surface area contributed by atoms with Crippen LogP contribution in [0.2, 0.25) is 0 Å². The molecular formula is C26H55NO5S2. The van der Waals surface area contributed by atoms with Gasteiger partial charge in [-0.2, -0.15) is 0 Å². The van der Waals surface area contributed by atoms with Crippen molar-refractivity contribution in [2.75, 3.05) is 31.0 Å². The van der Waals surface area contributed by atoms with Crippen molar-refractivity contribution in [2.45, 2.75) is 124 Å². The van der Waals surface area contributed by atoms with E-state index in [-0.39, 0.29) is 11.2 Å². The van der Waals surface area contributed by atoms with Crippen LogP contribution in [0, 0.1) is 10.8 Å². The molecule has 0 bridgehead atoms. The van der Waals surface area contributed by atoms with Crippen LogP contribution in [0.1, 0.15) is 124 Å². The summed E-state index contributed by atoms with van der Waals surface area (Å²) in [6.07, 6.45) is 16.9. The van der Waals surface area contributed by atoms with E-state index in [0.29, 0.717) is 17.6 Å². The monoisotopic (exact) mass is 525 g/mol. The summed E-state index contributed by atoms with van der Waals surface area (Å²) in [5.74, 6) is 0.382. The third-order valence-corrected chi connectivity index (χ3v) is 9.99. The summed E-state index contributed by atoms with van der Waals surface area (Å²) < 4.78 is 51.0. The predicted molar refractivity (Wildman–Crippen MR) is 145 cm³/mol. The van der Waals surface area contributed by atoms with Gasteiger partial charge in [-0.3, -0.25) is 0 Å². The van der Waals surface area contributed by atoms with Gasteiger partial charge in [0.15, 0.2) is 0 Å². The largest absolute Gasteiger partial charge is 0.381 e. The topological polar surface area (TPSA) is 104 Å². The first kappa shape index (κ1) is 33.8. The second-order valence-electron chi connectivity index (χ2n) is 10.5. The molecule has 0 unspecified atom stereocenters. The van der Waals surface area contributed by atoms with E-state index in [9.17, 15) is 16.8 Å². The third-order valence-electron chi connectivity index (χ3n) is 8.10. The zero-order valence-electron chi connectivity index (χ0n) is 22.9. The van der Waals surface area contributed by atoms with Gasteiger partial charge in [0, 0.05) is 25.2 Å². The van der Waals surface area contributed by atoms with Gasteiger partial charge in [-0.05, 0) is 62.2 Å². The first-order valence-corrected chi connectivity index (χ1v) is 17.4. The fraction of sp³-hybridized carbons (Fsp3) is 1.00. The molecule has 0 amide bonds. The number of hydrogen-bond donors (Lipinski definition) is 1. The van der Waals surface area contributed by atoms with E-state index in [1.807, 2.05) is 0 Å². The molecule has 0 aromatic heterocycles. The van der Waals surface area contributed by atoms with Crippen LogP contribution in [0.25, 0.3) is 0 Å². The van der Waals surface area contributed by atoms with E-state index in [1.165, 1.54) is 12.7 Å². The second-order valence-corrected chi connectivity index (χ2v) is 14.5. The van der Waals surface area contributed by atoms with Crippen LogP contribution in [-0.2, 0) is 24.6 Å². The maximum atomic E-state index is 11.4. The van der Waals surface area contributed by atoms with Crippen molar-refractivity contribution in [1.82, 2.24) is 0 Å². The zero-order chi connectivity index (χ0) is 26.1. The standard InChI is InChI=1S/C26H55NO5S2/c1-6-25(7-2,19-12-15-24-34(27,30)31)17-10-13-21-32-22-14-11-18-26(8-3,9-4)20-16-23-33(5,28)29/h6-24H2,1-5H3,(H2,27,30,31). The molecule has 0 saturated heterocycles. The van der Waals surface area contributed by atoms with E-state index in [2.05, 4.69) is 27.7 Å². The van der Waals surface area contributed by atoms with Crippen LogP contribution in [0.4, 0.5) is 0 Å². The van der Waals surface area contributed by atoms with Crippen molar-refractivity contribution in [3.05, 3.63) is 0 Å². The molecule has 206 valence electrons. The molecule has 8 heteroatoms. The Morgan fingerprint density at radius 2 is 0.971 bits per heavy atom. The number of sulfonamides is 1. The fourth-order valence-electron chi connectivity index (χ4n) is 5.19. The number of ether oxygens (including phenoxy) is 1. The molecule has 0 aromatic rings. The molecule has 0 saturated carbocycles. The quantitative estimate of drug-likeness (QED) is 0.159. The lowest BCUT2D eigenvalue weighted by molar-refractivity contribution is 0.113. The van der Waals surface area contributed by atoms with E-state index in [1.54, 1.807) is 0 Å². The molecule has 0 aliphatic rings. The van der Waals surface area contributed by atoms with Gasteiger partial charge in [-0.15, -0.1) is 0 Å². The molecule has 0 atom stereocenters. The summed E-state index contributed by atoms with van der Waals surface area (Å²) in [7, 11) is -6.22. The lowest BCUT2D eigenvalue weighted by atomic mass is 9.74. The van der Waals surface area contributed by atoms with Crippen LogP contribution in [0.5, 0.6) is 0 Å². The average molecular weight is 526 g/mol. The van der Waals surface area contributed by atoms with Crippen molar-refractivity contribution >= 4 is 19.9 Å². The highest BCUT2D eigenvalue weighted by Crippen LogP contribution is 2.38. The highest BCUT2D eigenvalue weighted by Gasteiger charge is 2.26. The van der Waals surface area contributed by atoms with Gasteiger partial charge in [-0.25, -0.2) is 22.0 Å². The third kappa shape index (κ3) is 16.5. The smallest absolute Gasteiger partial charge is 0.209 e. The Balaban J connectivity index is 4.10. The lowest BCUT2D eigenvalue weighted by Gasteiger charge is -2.32. The Morgan fingerprint density at radius 3 is 1.32 bits per heavy atom. The minimum absolute atomic E-state index is 0.0859. The van der Waals surface area contributed by atoms with E-state index >= 15 is 0 Å². The van der Waals surface area contributed by atoms with Gasteiger partial charge in [0.25, 0.3) is 0 Å². The molecule has 0 aliphatic heterocycles. The van der Waals surface area contributed by atoms with Gasteiger partial charge < -0.3 is 4.74 Å². The zero-order valence-corrected chi connectivity index (χ0v) is 24.5. The summed E-state index contributed by atoms with van der Waals surface area (Å²) in [4.78, 5) is 0. The van der Waals surface area contributed by atoms with Crippen LogP contribution in [-0.4, -0.2) is 47.8 Å². The Hall–Kier alpha value is -0.180. The second kappa shape index (κ2) is 17.3. The predicted octanol–water partition coefficient (Wildman–Crippen LogP) is 6.24. The summed E-state index contributed by atoms with van der Waals surface area (Å²) in [5.41, 5.74) is 0.571. The molecule has 2 N–H and O–H groups in total. The number of nitrogens with two attached hydrogens (primary N) is 1. The summed E-state index contributed by atoms with van der Waals surface area (Å²) >= 11 is 0. The molecule has 0 radical (unpaired) electrons. The maximum absolute atomic E-state index is 11.4. The first-order valence-electron chi connectivity index (χ1n) is 13.6. The van der Waals surface area contributed by atoms with Crippen LogP contribution in [0.3, 0.4) is 0 Å². The van der Waals surface area contributed by atoms with E-state index < -0.39 is 19.9 Å². The van der Waals surface area contributed by atoms with Crippen molar-refractivity contribution in [2.24, 2.45) is 16.0 Å². The molecule has 6 nitrogen and oxygen atoms in total. The van der Waals surface area contributed by atoms with E-state index in [0.717, 1.165) is 96.7 Å². The van der Waals surface area contributed by atoms with Gasteiger partial charge >= 0.3 is 0 Å². The van der Waals surface area contributed by atoms with E-state index in [4.69, 9.17) is 9.88 Å². The van der Waals surface area contributed by atoms with Crippen molar-refractivity contribution < 1.29 is 21.6 Å². The fourth-order valence-corrected chi connectivity index (χ4v) is 6.46. The highest BCUT2D eigenvalue weighted by molar-refractivity contribution is 7.90. The van der Waals surface area contributed by atoms with Gasteiger partial charge in [0.1, 0.15) is 9.84 Å². The first-order chi connectivity index (χ1) is 15.9. The summed E-state index contributed by atoms with van der Waals surface area (Å²) in [6, 6.07) is 0. The SMILES string of the molecule is CCC(CC)(CCCCOCCCCC(CC)(CC)CCCS(C)(=O)=O)CCCCS(N)(=O)=O. The Bertz CT molecular complexity index is 711. The Morgan fingerprint density at radius 1 is 0.588 bits per heavy atom. The van der Waals surface area contributed by atoms with Crippen molar-refractivity contribution in [3.8, 4) is 0 Å². The number of rotatable bonds is 23. The molecule has 0 aliphatic carbocycles. The summed E-state index contributed by atoms with van der Waals surface area (Å²) in [5, 5.41) is 5.11. The molecule has 0 fully saturated rings. The molecule has 0 rings (SSSR count). The van der Waals surface area contributed by atoms with Crippen molar-refractivity contribution in [3.63, 3.8) is 0 Å². The van der Waals surface area contributed by atoms with Crippen molar-refractivity contribution in [1.29, 1.82) is 0 Å².